The van der Waals surface area contributed by atoms with Crippen molar-refractivity contribution in [3.8, 4) is 28.7 Å². The third-order valence-electron chi connectivity index (χ3n) is 5.41. The van der Waals surface area contributed by atoms with Gasteiger partial charge in [-0.25, -0.2) is 18.9 Å². The van der Waals surface area contributed by atoms with Crippen molar-refractivity contribution >= 4 is 17.2 Å². The van der Waals surface area contributed by atoms with E-state index in [4.69, 9.17) is 11.6 Å². The van der Waals surface area contributed by atoms with Gasteiger partial charge in [0.25, 0.3) is 0 Å². The van der Waals surface area contributed by atoms with Crippen molar-refractivity contribution in [2.24, 2.45) is 5.41 Å². The summed E-state index contributed by atoms with van der Waals surface area (Å²) in [7, 11) is 0. The Labute approximate surface area is 171 Å². The van der Waals surface area contributed by atoms with Gasteiger partial charge in [0.2, 0.25) is 0 Å². The van der Waals surface area contributed by atoms with Crippen LogP contribution < -0.4 is 0 Å². The topological polar surface area (TPSA) is 71.8 Å². The molecule has 8 heteroatoms. The summed E-state index contributed by atoms with van der Waals surface area (Å²) >= 11 is 6.01. The van der Waals surface area contributed by atoms with E-state index in [0.29, 0.717) is 28.3 Å². The number of fused-ring (bicyclic) bond motifs is 1. The normalized spacial score (nSPS) is 14.8. The number of hydrogen-bond donors (Lipinski definition) is 0. The second-order valence-electron chi connectivity index (χ2n) is 7.75. The molecule has 3 heterocycles. The molecule has 0 atom stereocenters. The fourth-order valence-corrected chi connectivity index (χ4v) is 3.66. The van der Waals surface area contributed by atoms with Crippen LogP contribution in [-0.2, 0) is 6.54 Å². The smallest absolute Gasteiger partial charge is 0.162 e. The predicted molar refractivity (Wildman–Crippen MR) is 107 cm³/mol. The molecular weight excluding hydrogens is 391 g/mol. The second-order valence-corrected chi connectivity index (χ2v) is 8.16. The molecule has 0 bridgehead atoms. The zero-order valence-electron chi connectivity index (χ0n) is 15.6. The number of rotatable bonds is 4. The van der Waals surface area contributed by atoms with Gasteiger partial charge in [0.05, 0.1) is 28.9 Å². The van der Waals surface area contributed by atoms with E-state index in [2.05, 4.69) is 32.6 Å². The van der Waals surface area contributed by atoms with Gasteiger partial charge in [-0.15, -0.1) is 0 Å². The molecule has 4 aromatic rings. The fourth-order valence-electron chi connectivity index (χ4n) is 3.48. The first-order chi connectivity index (χ1) is 14.0. The summed E-state index contributed by atoms with van der Waals surface area (Å²) in [6.07, 6.45) is 5.61. The van der Waals surface area contributed by atoms with E-state index in [1.54, 1.807) is 18.5 Å². The lowest BCUT2D eigenvalue weighted by Gasteiger charge is -2.14. The molecule has 1 aliphatic carbocycles. The molecule has 144 valence electrons. The van der Waals surface area contributed by atoms with Crippen molar-refractivity contribution in [2.75, 3.05) is 0 Å². The van der Waals surface area contributed by atoms with Crippen LogP contribution in [0.4, 0.5) is 4.39 Å². The first-order valence-corrected chi connectivity index (χ1v) is 9.61. The van der Waals surface area contributed by atoms with E-state index < -0.39 is 5.82 Å². The molecule has 0 N–H and O–H groups in total. The minimum absolute atomic E-state index is 0.0435. The number of benzene rings is 1. The van der Waals surface area contributed by atoms with Crippen LogP contribution in [0.5, 0.6) is 0 Å². The van der Waals surface area contributed by atoms with Gasteiger partial charge in [-0.1, -0.05) is 18.5 Å². The fraction of sp³-hybridized carbons (Fsp3) is 0.238. The highest BCUT2D eigenvalue weighted by Gasteiger charge is 2.38. The van der Waals surface area contributed by atoms with Crippen molar-refractivity contribution in [1.29, 1.82) is 5.26 Å². The minimum atomic E-state index is -0.474. The SMILES string of the molecule is CC1(Cn2cnc(-c3ccc(F)c(Cl)c3)c2-c2ccc3ncc(C#N)n3n2)CC1. The van der Waals surface area contributed by atoms with E-state index in [1.165, 1.54) is 16.8 Å². The maximum absolute atomic E-state index is 13.7. The van der Waals surface area contributed by atoms with Crippen LogP contribution in [0.1, 0.15) is 25.5 Å². The van der Waals surface area contributed by atoms with Gasteiger partial charge < -0.3 is 4.57 Å². The largest absolute Gasteiger partial charge is 0.328 e. The van der Waals surface area contributed by atoms with Crippen LogP contribution in [0.2, 0.25) is 5.02 Å². The van der Waals surface area contributed by atoms with Gasteiger partial charge in [-0.3, -0.25) is 0 Å². The molecule has 0 spiro atoms. The summed E-state index contributed by atoms with van der Waals surface area (Å²) in [4.78, 5) is 8.81. The van der Waals surface area contributed by atoms with Crippen LogP contribution >= 0.6 is 11.6 Å². The molecule has 6 nitrogen and oxygen atoms in total. The zero-order valence-corrected chi connectivity index (χ0v) is 16.4. The second kappa shape index (κ2) is 6.39. The minimum Gasteiger partial charge on any atom is -0.328 e. The molecule has 0 aliphatic heterocycles. The van der Waals surface area contributed by atoms with E-state index in [1.807, 2.05) is 12.1 Å². The van der Waals surface area contributed by atoms with Crippen LogP contribution in [0, 0.1) is 22.6 Å². The molecule has 5 rings (SSSR count). The van der Waals surface area contributed by atoms with E-state index in [9.17, 15) is 9.65 Å². The first-order valence-electron chi connectivity index (χ1n) is 9.23. The zero-order chi connectivity index (χ0) is 20.2. The lowest BCUT2D eigenvalue weighted by molar-refractivity contribution is 0.466. The van der Waals surface area contributed by atoms with Gasteiger partial charge in [-0.2, -0.15) is 10.4 Å². The van der Waals surface area contributed by atoms with Gasteiger partial charge in [0.1, 0.15) is 17.6 Å². The van der Waals surface area contributed by atoms with Crippen LogP contribution in [0.15, 0.2) is 42.9 Å². The van der Waals surface area contributed by atoms with Crippen molar-refractivity contribution in [3.63, 3.8) is 0 Å². The van der Waals surface area contributed by atoms with E-state index >= 15 is 0 Å². The predicted octanol–water partition coefficient (Wildman–Crippen LogP) is 4.72. The summed E-state index contributed by atoms with van der Waals surface area (Å²) in [6, 6.07) is 10.4. The van der Waals surface area contributed by atoms with Gasteiger partial charge in [-0.05, 0) is 48.6 Å². The standard InChI is InChI=1S/C21H16ClFN6/c1-21(6-7-21)11-28-12-26-19(13-2-3-16(23)15(22)8-13)20(28)17-4-5-18-25-10-14(9-24)29(18)27-17/h2-5,8,10,12H,6-7,11H2,1H3. The Morgan fingerprint density at radius 1 is 1.24 bits per heavy atom. The monoisotopic (exact) mass is 406 g/mol. The van der Waals surface area contributed by atoms with Gasteiger partial charge in [0.15, 0.2) is 11.3 Å². The number of nitriles is 1. The number of halogens is 2. The Morgan fingerprint density at radius 2 is 2.07 bits per heavy atom. The number of aromatic nitrogens is 5. The van der Waals surface area contributed by atoms with E-state index in [0.717, 1.165) is 25.1 Å². The highest BCUT2D eigenvalue weighted by Crippen LogP contribution is 2.47. The maximum Gasteiger partial charge on any atom is 0.162 e. The highest BCUT2D eigenvalue weighted by atomic mass is 35.5. The Morgan fingerprint density at radius 3 is 2.79 bits per heavy atom. The molecule has 1 aliphatic rings. The molecule has 0 radical (unpaired) electrons. The summed E-state index contributed by atoms with van der Waals surface area (Å²) in [5, 5.41) is 14.0. The number of nitrogens with zero attached hydrogens (tertiary/aromatic N) is 6. The van der Waals surface area contributed by atoms with Crippen molar-refractivity contribution < 1.29 is 4.39 Å². The van der Waals surface area contributed by atoms with Crippen molar-refractivity contribution in [1.82, 2.24) is 24.1 Å². The Kier molecular flexibility index (Phi) is 3.93. The summed E-state index contributed by atoms with van der Waals surface area (Å²) in [5.41, 5.74) is 4.03. The average molecular weight is 407 g/mol. The molecular formula is C21H16ClFN6. The molecule has 3 aromatic heterocycles. The summed E-state index contributed by atoms with van der Waals surface area (Å²) in [5.74, 6) is -0.474. The van der Waals surface area contributed by atoms with Crippen LogP contribution in [-0.4, -0.2) is 24.1 Å². The molecule has 0 unspecified atom stereocenters. The third-order valence-corrected chi connectivity index (χ3v) is 5.70. The Hall–Kier alpha value is -3.24. The lowest BCUT2D eigenvalue weighted by atomic mass is 10.1. The Balaban J connectivity index is 1.71. The van der Waals surface area contributed by atoms with Gasteiger partial charge in [0, 0.05) is 12.1 Å². The molecule has 0 saturated heterocycles. The van der Waals surface area contributed by atoms with Gasteiger partial charge >= 0.3 is 0 Å². The quantitative estimate of drug-likeness (QED) is 0.491. The summed E-state index contributed by atoms with van der Waals surface area (Å²) in [6.45, 7) is 3.05. The molecule has 1 fully saturated rings. The molecule has 0 amide bonds. The van der Waals surface area contributed by atoms with Crippen LogP contribution in [0.25, 0.3) is 28.3 Å². The van der Waals surface area contributed by atoms with E-state index in [-0.39, 0.29) is 10.4 Å². The van der Waals surface area contributed by atoms with Crippen LogP contribution in [0.3, 0.4) is 0 Å². The highest BCUT2D eigenvalue weighted by molar-refractivity contribution is 6.31. The maximum atomic E-state index is 13.7. The summed E-state index contributed by atoms with van der Waals surface area (Å²) < 4.78 is 17.3. The lowest BCUT2D eigenvalue weighted by Crippen LogP contribution is -2.09. The average Bonchev–Trinajstić information content (AvgIpc) is 3.13. The number of hydrogen-bond acceptors (Lipinski definition) is 4. The first kappa shape index (κ1) is 17.8. The van der Waals surface area contributed by atoms with Crippen molar-refractivity contribution in [2.45, 2.75) is 26.3 Å². The van der Waals surface area contributed by atoms with Crippen molar-refractivity contribution in [3.05, 3.63) is 59.4 Å². The molecule has 1 aromatic carbocycles. The molecule has 29 heavy (non-hydrogen) atoms. The Bertz CT molecular complexity index is 1290. The third kappa shape index (κ3) is 3.06. The molecule has 1 saturated carbocycles. The number of imidazole rings is 2.